The molecule has 5 atom stereocenters. The summed E-state index contributed by atoms with van der Waals surface area (Å²) in [6.07, 6.45) is 13.5. The number of thioether (sulfide) groups is 1. The maximum absolute atomic E-state index is 12.8. The van der Waals surface area contributed by atoms with Crippen molar-refractivity contribution in [1.82, 2.24) is 21.3 Å². The first-order chi connectivity index (χ1) is 24.6. The fourth-order valence-corrected chi connectivity index (χ4v) is 9.96. The first-order valence-electron chi connectivity index (χ1n) is 19.5. The van der Waals surface area contributed by atoms with Crippen molar-refractivity contribution >= 4 is 29.6 Å². The molecule has 3 unspecified atom stereocenters. The van der Waals surface area contributed by atoms with Crippen LogP contribution in [-0.4, -0.2) is 87.1 Å². The molecule has 1 aromatic rings. The number of hydrogen-bond donors (Lipinski definition) is 4. The molecule has 0 radical (unpaired) electrons. The summed E-state index contributed by atoms with van der Waals surface area (Å²) in [6, 6.07) is 5.03. The van der Waals surface area contributed by atoms with Crippen LogP contribution in [0.5, 0.6) is 5.75 Å². The normalized spacial score (nSPS) is 24.4. The lowest BCUT2D eigenvalue weighted by Crippen LogP contribution is -2.38. The molecule has 4 amide bonds. The van der Waals surface area contributed by atoms with Gasteiger partial charge >= 0.3 is 6.03 Å². The van der Waals surface area contributed by atoms with Crippen LogP contribution in [0.4, 0.5) is 4.79 Å². The topological polar surface area (TPSA) is 127 Å². The highest BCUT2D eigenvalue weighted by Crippen LogP contribution is 2.55. The summed E-state index contributed by atoms with van der Waals surface area (Å²) < 4.78 is 17.6. The van der Waals surface area contributed by atoms with Gasteiger partial charge < -0.3 is 35.5 Å². The summed E-state index contributed by atoms with van der Waals surface area (Å²) in [4.78, 5) is 36.5. The number of nitrogens with one attached hydrogen (secondary N) is 4. The summed E-state index contributed by atoms with van der Waals surface area (Å²) in [5.74, 6) is 2.74. The van der Waals surface area contributed by atoms with Crippen molar-refractivity contribution in [2.24, 2.45) is 11.3 Å². The van der Waals surface area contributed by atoms with Gasteiger partial charge in [0.1, 0.15) is 5.75 Å². The molecule has 4 aliphatic rings. The van der Waals surface area contributed by atoms with Crippen molar-refractivity contribution < 1.29 is 28.6 Å². The largest absolute Gasteiger partial charge is 0.483 e. The first kappa shape index (κ1) is 39.4. The van der Waals surface area contributed by atoms with Crippen LogP contribution in [0, 0.1) is 11.3 Å². The lowest BCUT2D eigenvalue weighted by molar-refractivity contribution is -0.123. The Kier molecular flexibility index (Phi) is 15.0. The molecule has 0 saturated carbocycles. The Bertz CT molecular complexity index is 1370. The maximum Gasteiger partial charge on any atom is 0.315 e. The number of ether oxygens (including phenoxy) is 3. The van der Waals surface area contributed by atoms with Crippen LogP contribution < -0.4 is 26.0 Å². The fourth-order valence-electron chi connectivity index (χ4n) is 8.42. The molecule has 11 heteroatoms. The molecule has 10 nitrogen and oxygen atoms in total. The van der Waals surface area contributed by atoms with Gasteiger partial charge in [-0.1, -0.05) is 57.7 Å². The van der Waals surface area contributed by atoms with Crippen molar-refractivity contribution in [3.63, 3.8) is 0 Å². The quantitative estimate of drug-likeness (QED) is 0.0716. The van der Waals surface area contributed by atoms with Crippen molar-refractivity contribution in [1.29, 1.82) is 0 Å². The Morgan fingerprint density at radius 2 is 1.75 bits per heavy atom. The summed E-state index contributed by atoms with van der Waals surface area (Å²) in [5, 5.41) is 12.3. The molecule has 5 rings (SSSR count). The molecule has 284 valence electrons. The van der Waals surface area contributed by atoms with E-state index in [0.29, 0.717) is 63.0 Å². The van der Waals surface area contributed by atoms with Crippen molar-refractivity contribution in [2.45, 2.75) is 122 Å². The van der Waals surface area contributed by atoms with E-state index >= 15 is 0 Å². The number of unbranched alkanes of at least 4 members (excludes halogenated alkanes) is 3. The molecule has 2 fully saturated rings. The molecular weight excluding hydrogens is 665 g/mol. The summed E-state index contributed by atoms with van der Waals surface area (Å²) in [6.45, 7) is 11.8. The first-order valence-corrected chi connectivity index (χ1v) is 20.5. The summed E-state index contributed by atoms with van der Waals surface area (Å²) in [7, 11) is 0. The van der Waals surface area contributed by atoms with Crippen LogP contribution in [0.3, 0.4) is 0 Å². The second-order valence-electron chi connectivity index (χ2n) is 15.6. The van der Waals surface area contributed by atoms with Gasteiger partial charge in [0.15, 0.2) is 6.61 Å². The molecule has 2 saturated heterocycles. The third kappa shape index (κ3) is 11.4. The van der Waals surface area contributed by atoms with Gasteiger partial charge in [-0.25, -0.2) is 4.79 Å². The zero-order chi connectivity index (χ0) is 36.2. The Morgan fingerprint density at radius 1 is 0.980 bits per heavy atom. The van der Waals surface area contributed by atoms with Gasteiger partial charge in [-0.2, -0.15) is 11.8 Å². The Morgan fingerprint density at radius 3 is 2.51 bits per heavy atom. The van der Waals surface area contributed by atoms with E-state index in [4.69, 9.17) is 14.2 Å². The van der Waals surface area contributed by atoms with Gasteiger partial charge in [-0.3, -0.25) is 9.59 Å². The van der Waals surface area contributed by atoms with E-state index in [1.807, 2.05) is 11.8 Å². The van der Waals surface area contributed by atoms with E-state index in [1.165, 1.54) is 35.1 Å². The summed E-state index contributed by atoms with van der Waals surface area (Å²) >= 11 is 1.90. The molecule has 2 heterocycles. The van der Waals surface area contributed by atoms with Gasteiger partial charge in [-0.05, 0) is 86.3 Å². The lowest BCUT2D eigenvalue weighted by Gasteiger charge is -2.47. The van der Waals surface area contributed by atoms with E-state index in [9.17, 15) is 14.4 Å². The van der Waals surface area contributed by atoms with E-state index in [1.54, 1.807) is 0 Å². The minimum Gasteiger partial charge on any atom is -0.483 e. The summed E-state index contributed by atoms with van der Waals surface area (Å²) in [5.41, 5.74) is 5.72. The second kappa shape index (κ2) is 19.4. The highest BCUT2D eigenvalue weighted by atomic mass is 32.2. The minimum absolute atomic E-state index is 0.00683. The molecule has 0 bridgehead atoms. The van der Waals surface area contributed by atoms with Gasteiger partial charge in [0, 0.05) is 36.1 Å². The number of hydrogen-bond acceptors (Lipinski definition) is 7. The van der Waals surface area contributed by atoms with Crippen LogP contribution in [0.15, 0.2) is 23.8 Å². The zero-order valence-corrected chi connectivity index (χ0v) is 32.2. The standard InChI is InChI=1S/C40H62N4O6S/c1-5-6-7-10-28-22-29-24-40(3,4)31-14-13-27(2)21-30(31)37(29)33(23-28)50-25-36(46)42-16-18-49-20-19-48-17-15-41-35(45)12-9-8-11-34-38-32(26-51-34)43-39(47)44-38/h13,22-23,30-32,34,38H,5-12,14-21,24-26H2,1-4H3,(H,41,45)(H,42,46)(H2,43,44,47)/t30-,31-,32?,34?,38?/m1/s1. The monoisotopic (exact) mass is 726 g/mol. The van der Waals surface area contributed by atoms with Gasteiger partial charge in [-0.15, -0.1) is 0 Å². The Hall–Kier alpha value is -2.76. The molecule has 2 aliphatic carbocycles. The number of amides is 4. The van der Waals surface area contributed by atoms with E-state index in [-0.39, 0.29) is 42.0 Å². The van der Waals surface area contributed by atoms with Crippen LogP contribution in [-0.2, 0) is 31.9 Å². The van der Waals surface area contributed by atoms with Crippen molar-refractivity contribution in [3.8, 4) is 5.75 Å². The number of carbonyl (C=O) groups is 3. The number of carbonyl (C=O) groups excluding carboxylic acids is 3. The van der Waals surface area contributed by atoms with Gasteiger partial charge in [0.05, 0.1) is 38.5 Å². The highest BCUT2D eigenvalue weighted by molar-refractivity contribution is 8.00. The van der Waals surface area contributed by atoms with E-state index in [2.05, 4.69) is 67.2 Å². The molecule has 2 aliphatic heterocycles. The molecule has 51 heavy (non-hydrogen) atoms. The number of aryl methyl sites for hydroxylation is 1. The van der Waals surface area contributed by atoms with Gasteiger partial charge in [0.2, 0.25) is 5.91 Å². The predicted octanol–water partition coefficient (Wildman–Crippen LogP) is 5.81. The third-order valence-corrected chi connectivity index (χ3v) is 12.6. The average Bonchev–Trinajstić information content (AvgIpc) is 3.65. The predicted molar refractivity (Wildman–Crippen MR) is 203 cm³/mol. The Labute approximate surface area is 309 Å². The van der Waals surface area contributed by atoms with Crippen LogP contribution >= 0.6 is 11.8 Å². The van der Waals surface area contributed by atoms with E-state index < -0.39 is 0 Å². The smallest absolute Gasteiger partial charge is 0.315 e. The van der Waals surface area contributed by atoms with Crippen molar-refractivity contribution in [2.75, 3.05) is 51.9 Å². The third-order valence-electron chi connectivity index (χ3n) is 11.1. The highest BCUT2D eigenvalue weighted by Gasteiger charge is 2.44. The Balaban J connectivity index is 0.927. The average molecular weight is 727 g/mol. The number of benzene rings is 1. The lowest BCUT2D eigenvalue weighted by atomic mass is 9.57. The number of rotatable bonds is 21. The molecule has 0 aromatic heterocycles. The maximum atomic E-state index is 12.8. The molecule has 1 aromatic carbocycles. The fraction of sp³-hybridized carbons (Fsp3) is 0.725. The minimum atomic E-state index is -0.145. The van der Waals surface area contributed by atoms with E-state index in [0.717, 1.165) is 62.9 Å². The van der Waals surface area contributed by atoms with Crippen LogP contribution in [0.25, 0.3) is 0 Å². The number of urea groups is 1. The van der Waals surface area contributed by atoms with Crippen LogP contribution in [0.1, 0.15) is 108 Å². The SMILES string of the molecule is CCCCCc1cc2c(c(OCC(=O)NCCOCCOCCNC(=O)CCCCC3SCC4NC(=O)NC43)c1)[C@@H]1CC(C)=CC[C@H]1C(C)(C)C2. The van der Waals surface area contributed by atoms with Crippen molar-refractivity contribution in [3.05, 3.63) is 40.5 Å². The molecule has 0 spiro atoms. The molecule has 4 N–H and O–H groups in total. The van der Waals surface area contributed by atoms with Crippen LogP contribution in [0.2, 0.25) is 0 Å². The van der Waals surface area contributed by atoms with Gasteiger partial charge in [0.25, 0.3) is 5.91 Å². The molecular formula is C40H62N4O6S. The number of fused-ring (bicyclic) bond motifs is 4. The number of allylic oxidation sites excluding steroid dienone is 2. The second-order valence-corrected chi connectivity index (χ2v) is 16.8. The zero-order valence-electron chi connectivity index (χ0n) is 31.4.